The summed E-state index contributed by atoms with van der Waals surface area (Å²) in [5.41, 5.74) is 0.699. The van der Waals surface area contributed by atoms with E-state index in [9.17, 15) is 5.11 Å². The van der Waals surface area contributed by atoms with Crippen molar-refractivity contribution in [1.82, 2.24) is 0 Å². The topological polar surface area (TPSA) is 41.8 Å². The van der Waals surface area contributed by atoms with Gasteiger partial charge in [-0.1, -0.05) is 48.8 Å². The van der Waals surface area contributed by atoms with Crippen molar-refractivity contribution in [3.63, 3.8) is 0 Å². The van der Waals surface area contributed by atoms with Crippen molar-refractivity contribution in [3.8, 4) is 5.75 Å². The van der Waals surface area contributed by atoms with E-state index in [1.807, 2.05) is 30.3 Å². The second-order valence-electron chi connectivity index (χ2n) is 4.14. The Morgan fingerprint density at radius 3 is 2.89 bits per heavy atom. The molecule has 0 heterocycles. The van der Waals surface area contributed by atoms with Crippen LogP contribution in [-0.2, 0) is 4.84 Å². The molecular weight excluding hydrogens is 226 g/mol. The van der Waals surface area contributed by atoms with Crippen LogP contribution in [0.1, 0.15) is 25.3 Å². The van der Waals surface area contributed by atoms with Gasteiger partial charge in [-0.15, -0.1) is 0 Å². The maximum atomic E-state index is 9.86. The number of phenols is 1. The Hall–Kier alpha value is -2.03. The van der Waals surface area contributed by atoms with Crippen LogP contribution in [0.3, 0.4) is 0 Å². The molecule has 3 heteroatoms. The van der Waals surface area contributed by atoms with E-state index in [1.54, 1.807) is 12.3 Å². The standard InChI is InChI=1S/C15H17NO2/c1-2-3-10-18-16-11-14-13-7-5-4-6-12(13)8-9-15(14)17/h4-9,11,17H,2-3,10H2,1H3/b16-11+. The van der Waals surface area contributed by atoms with Crippen LogP contribution in [0.5, 0.6) is 5.75 Å². The molecule has 1 N–H and O–H groups in total. The molecule has 0 aromatic heterocycles. The third-order valence-corrected chi connectivity index (χ3v) is 2.79. The number of benzene rings is 2. The molecule has 0 aliphatic carbocycles. The number of hydrogen-bond acceptors (Lipinski definition) is 3. The van der Waals surface area contributed by atoms with Crippen molar-refractivity contribution in [2.24, 2.45) is 5.16 Å². The number of rotatable bonds is 5. The summed E-state index contributed by atoms with van der Waals surface area (Å²) >= 11 is 0. The molecule has 94 valence electrons. The summed E-state index contributed by atoms with van der Waals surface area (Å²) in [7, 11) is 0. The second kappa shape index (κ2) is 6.05. The minimum absolute atomic E-state index is 0.219. The normalized spacial score (nSPS) is 11.2. The van der Waals surface area contributed by atoms with Crippen LogP contribution in [0.15, 0.2) is 41.6 Å². The van der Waals surface area contributed by atoms with Crippen molar-refractivity contribution in [2.75, 3.05) is 6.61 Å². The van der Waals surface area contributed by atoms with Crippen molar-refractivity contribution in [1.29, 1.82) is 0 Å². The summed E-state index contributed by atoms with van der Waals surface area (Å²) in [6.07, 6.45) is 3.64. The summed E-state index contributed by atoms with van der Waals surface area (Å²) in [5, 5.41) is 15.8. The highest BCUT2D eigenvalue weighted by atomic mass is 16.6. The van der Waals surface area contributed by atoms with Gasteiger partial charge in [0, 0.05) is 5.56 Å². The van der Waals surface area contributed by atoms with Gasteiger partial charge in [-0.3, -0.25) is 0 Å². The van der Waals surface area contributed by atoms with Gasteiger partial charge in [0.1, 0.15) is 12.4 Å². The number of aromatic hydroxyl groups is 1. The zero-order chi connectivity index (χ0) is 12.8. The second-order valence-corrected chi connectivity index (χ2v) is 4.14. The van der Waals surface area contributed by atoms with Gasteiger partial charge in [-0.05, 0) is 23.3 Å². The van der Waals surface area contributed by atoms with Crippen molar-refractivity contribution < 1.29 is 9.94 Å². The van der Waals surface area contributed by atoms with Crippen LogP contribution < -0.4 is 0 Å². The monoisotopic (exact) mass is 243 g/mol. The van der Waals surface area contributed by atoms with Crippen LogP contribution >= 0.6 is 0 Å². The van der Waals surface area contributed by atoms with Crippen molar-refractivity contribution in [2.45, 2.75) is 19.8 Å². The average Bonchev–Trinajstić information content (AvgIpc) is 2.41. The van der Waals surface area contributed by atoms with E-state index in [0.717, 1.165) is 23.6 Å². The van der Waals surface area contributed by atoms with Crippen LogP contribution in [0, 0.1) is 0 Å². The lowest BCUT2D eigenvalue weighted by Gasteiger charge is -2.04. The first kappa shape index (κ1) is 12.4. The molecule has 0 atom stereocenters. The van der Waals surface area contributed by atoms with Gasteiger partial charge in [-0.2, -0.15) is 0 Å². The SMILES string of the molecule is CCCCO/N=C/c1c(O)ccc2ccccc12. The Bertz CT molecular complexity index is 549. The van der Waals surface area contributed by atoms with Gasteiger partial charge in [0.05, 0.1) is 6.21 Å². The molecule has 0 bridgehead atoms. The fourth-order valence-corrected chi connectivity index (χ4v) is 1.77. The first-order chi connectivity index (χ1) is 8.83. The van der Waals surface area contributed by atoms with E-state index in [4.69, 9.17) is 4.84 Å². The molecule has 0 aliphatic heterocycles. The van der Waals surface area contributed by atoms with Crippen LogP contribution in [0.2, 0.25) is 0 Å². The summed E-state index contributed by atoms with van der Waals surface area (Å²) < 4.78 is 0. The van der Waals surface area contributed by atoms with Gasteiger partial charge < -0.3 is 9.94 Å². The Morgan fingerprint density at radius 2 is 2.06 bits per heavy atom. The lowest BCUT2D eigenvalue weighted by Crippen LogP contribution is -1.90. The Morgan fingerprint density at radius 1 is 1.22 bits per heavy atom. The maximum absolute atomic E-state index is 9.86. The number of phenolic OH excluding ortho intramolecular Hbond substituents is 1. The highest BCUT2D eigenvalue weighted by Crippen LogP contribution is 2.25. The van der Waals surface area contributed by atoms with Gasteiger partial charge in [0.15, 0.2) is 0 Å². The molecule has 0 unspecified atom stereocenters. The van der Waals surface area contributed by atoms with Gasteiger partial charge in [-0.25, -0.2) is 0 Å². The van der Waals surface area contributed by atoms with Crippen LogP contribution in [-0.4, -0.2) is 17.9 Å². The van der Waals surface area contributed by atoms with Crippen molar-refractivity contribution in [3.05, 3.63) is 42.0 Å². The van der Waals surface area contributed by atoms with Crippen LogP contribution in [0.25, 0.3) is 10.8 Å². The molecule has 2 aromatic rings. The molecular formula is C15H17NO2. The lowest BCUT2D eigenvalue weighted by molar-refractivity contribution is 0.143. The molecule has 18 heavy (non-hydrogen) atoms. The van der Waals surface area contributed by atoms with E-state index in [-0.39, 0.29) is 5.75 Å². The molecule has 2 aromatic carbocycles. The summed E-state index contributed by atoms with van der Waals surface area (Å²) in [4.78, 5) is 5.14. The molecule has 3 nitrogen and oxygen atoms in total. The maximum Gasteiger partial charge on any atom is 0.125 e. The third kappa shape index (κ3) is 2.80. The quantitative estimate of drug-likeness (QED) is 0.494. The molecule has 2 rings (SSSR count). The summed E-state index contributed by atoms with van der Waals surface area (Å²) in [5.74, 6) is 0.219. The zero-order valence-corrected chi connectivity index (χ0v) is 10.5. The number of hydrogen-bond donors (Lipinski definition) is 1. The fourth-order valence-electron chi connectivity index (χ4n) is 1.77. The highest BCUT2D eigenvalue weighted by molar-refractivity contribution is 6.02. The molecule has 0 fully saturated rings. The molecule has 0 aliphatic rings. The number of unbranched alkanes of at least 4 members (excludes halogenated alkanes) is 1. The molecule has 0 spiro atoms. The smallest absolute Gasteiger partial charge is 0.125 e. The van der Waals surface area contributed by atoms with Gasteiger partial charge in [0.2, 0.25) is 0 Å². The van der Waals surface area contributed by atoms with Crippen LogP contribution in [0.4, 0.5) is 0 Å². The van der Waals surface area contributed by atoms with Gasteiger partial charge >= 0.3 is 0 Å². The number of oxime groups is 1. The number of fused-ring (bicyclic) bond motifs is 1. The summed E-state index contributed by atoms with van der Waals surface area (Å²) in [6.45, 7) is 2.71. The highest BCUT2D eigenvalue weighted by Gasteiger charge is 2.03. The first-order valence-electron chi connectivity index (χ1n) is 6.19. The largest absolute Gasteiger partial charge is 0.507 e. The average molecular weight is 243 g/mol. The van der Waals surface area contributed by atoms with E-state index in [2.05, 4.69) is 12.1 Å². The van der Waals surface area contributed by atoms with E-state index in [0.29, 0.717) is 12.2 Å². The van der Waals surface area contributed by atoms with Gasteiger partial charge in [0.25, 0.3) is 0 Å². The Labute approximate surface area is 107 Å². The van der Waals surface area contributed by atoms with Crippen molar-refractivity contribution >= 4 is 17.0 Å². The third-order valence-electron chi connectivity index (χ3n) is 2.79. The van der Waals surface area contributed by atoms with E-state index in [1.165, 1.54) is 0 Å². The predicted molar refractivity (Wildman–Crippen MR) is 74.1 cm³/mol. The Kier molecular flexibility index (Phi) is 4.18. The molecule has 0 radical (unpaired) electrons. The summed E-state index contributed by atoms with van der Waals surface area (Å²) in [6, 6.07) is 11.4. The zero-order valence-electron chi connectivity index (χ0n) is 10.5. The number of nitrogens with zero attached hydrogens (tertiary/aromatic N) is 1. The molecule has 0 saturated heterocycles. The van der Waals surface area contributed by atoms with E-state index >= 15 is 0 Å². The van der Waals surface area contributed by atoms with E-state index < -0.39 is 0 Å². The minimum atomic E-state index is 0.219. The minimum Gasteiger partial charge on any atom is -0.507 e. The Balaban J connectivity index is 2.23. The fraction of sp³-hybridized carbons (Fsp3) is 0.267. The predicted octanol–water partition coefficient (Wildman–Crippen LogP) is 3.70. The first-order valence-corrected chi connectivity index (χ1v) is 6.19. The lowest BCUT2D eigenvalue weighted by atomic mass is 10.0. The molecule has 0 amide bonds. The molecule has 0 saturated carbocycles.